The van der Waals surface area contributed by atoms with Gasteiger partial charge in [-0.2, -0.15) is 0 Å². The van der Waals surface area contributed by atoms with Crippen LogP contribution in [0.15, 0.2) is 24.3 Å². The fraction of sp³-hybridized carbons (Fsp3) is 0.529. The highest BCUT2D eigenvalue weighted by Gasteiger charge is 2.72. The number of nitrogens with one attached hydrogen (secondary N) is 1. The SMILES string of the molecule is CCS(=O)(=O)C1C(c2ccc(F)cc2)C1(C=O)NC(=O)OC(C)(C)C. The Labute approximate surface area is 146 Å². The normalized spacial score (nSPS) is 26.0. The number of alkyl carbamates (subject to hydrolysis) is 1. The molecule has 25 heavy (non-hydrogen) atoms. The molecule has 0 heterocycles. The van der Waals surface area contributed by atoms with Crippen LogP contribution in [-0.4, -0.2) is 42.9 Å². The average Bonchev–Trinajstić information content (AvgIpc) is 3.15. The monoisotopic (exact) mass is 371 g/mol. The first kappa shape index (κ1) is 19.4. The van der Waals surface area contributed by atoms with E-state index in [0.29, 0.717) is 11.8 Å². The molecule has 1 saturated carbocycles. The molecule has 1 N–H and O–H groups in total. The van der Waals surface area contributed by atoms with Gasteiger partial charge in [0, 0.05) is 11.7 Å². The second-order valence-corrected chi connectivity index (χ2v) is 9.49. The molecule has 138 valence electrons. The van der Waals surface area contributed by atoms with E-state index < -0.39 is 44.1 Å². The molecule has 0 bridgehead atoms. The maximum atomic E-state index is 13.2. The van der Waals surface area contributed by atoms with Gasteiger partial charge in [-0.15, -0.1) is 0 Å². The molecule has 1 aliphatic carbocycles. The van der Waals surface area contributed by atoms with Gasteiger partial charge in [-0.05, 0) is 38.5 Å². The summed E-state index contributed by atoms with van der Waals surface area (Å²) in [5, 5.41) is 1.31. The van der Waals surface area contributed by atoms with Crippen molar-refractivity contribution in [1.29, 1.82) is 0 Å². The van der Waals surface area contributed by atoms with E-state index in [4.69, 9.17) is 4.74 Å². The molecule has 0 aromatic heterocycles. The Kier molecular flexibility index (Phi) is 4.96. The second-order valence-electron chi connectivity index (χ2n) is 7.08. The molecule has 6 nitrogen and oxygen atoms in total. The number of aldehydes is 1. The number of sulfone groups is 1. The molecule has 1 fully saturated rings. The van der Waals surface area contributed by atoms with Gasteiger partial charge in [0.05, 0.1) is 0 Å². The number of benzene rings is 1. The van der Waals surface area contributed by atoms with Crippen molar-refractivity contribution in [3.63, 3.8) is 0 Å². The van der Waals surface area contributed by atoms with Crippen LogP contribution in [0.1, 0.15) is 39.2 Å². The lowest BCUT2D eigenvalue weighted by atomic mass is 10.1. The third kappa shape index (κ3) is 3.84. The average molecular weight is 371 g/mol. The van der Waals surface area contributed by atoms with Crippen LogP contribution in [-0.2, 0) is 19.4 Å². The second kappa shape index (κ2) is 6.40. The van der Waals surface area contributed by atoms with Crippen LogP contribution in [0.3, 0.4) is 0 Å². The topological polar surface area (TPSA) is 89.5 Å². The Morgan fingerprint density at radius 3 is 2.32 bits per heavy atom. The highest BCUT2D eigenvalue weighted by molar-refractivity contribution is 7.92. The lowest BCUT2D eigenvalue weighted by Gasteiger charge is -2.22. The highest BCUT2D eigenvalue weighted by atomic mass is 32.2. The van der Waals surface area contributed by atoms with Gasteiger partial charge in [0.1, 0.15) is 28.5 Å². The first-order valence-corrected chi connectivity index (χ1v) is 9.63. The van der Waals surface area contributed by atoms with Crippen molar-refractivity contribution in [1.82, 2.24) is 5.32 Å². The Morgan fingerprint density at radius 1 is 1.32 bits per heavy atom. The number of carbonyl (C=O) groups excluding carboxylic acids is 2. The number of carbonyl (C=O) groups is 2. The zero-order chi connectivity index (χ0) is 19.0. The van der Waals surface area contributed by atoms with Gasteiger partial charge in [-0.1, -0.05) is 19.1 Å². The van der Waals surface area contributed by atoms with Crippen molar-refractivity contribution >= 4 is 22.2 Å². The van der Waals surface area contributed by atoms with Crippen LogP contribution in [0, 0.1) is 5.82 Å². The third-order valence-corrected chi connectivity index (χ3v) is 6.35. The van der Waals surface area contributed by atoms with Crippen molar-refractivity contribution in [3.8, 4) is 0 Å². The van der Waals surface area contributed by atoms with Crippen LogP contribution in [0.2, 0.25) is 0 Å². The quantitative estimate of drug-likeness (QED) is 0.802. The molecule has 0 radical (unpaired) electrons. The summed E-state index contributed by atoms with van der Waals surface area (Å²) in [4.78, 5) is 23.9. The van der Waals surface area contributed by atoms with Crippen molar-refractivity contribution in [3.05, 3.63) is 35.6 Å². The maximum Gasteiger partial charge on any atom is 0.408 e. The van der Waals surface area contributed by atoms with E-state index in [9.17, 15) is 22.4 Å². The third-order valence-electron chi connectivity index (χ3n) is 4.11. The summed E-state index contributed by atoms with van der Waals surface area (Å²) < 4.78 is 43.2. The molecule has 1 aromatic carbocycles. The molecule has 1 aliphatic rings. The predicted octanol–water partition coefficient (Wildman–Crippen LogP) is 2.19. The number of hydrogen-bond acceptors (Lipinski definition) is 5. The molecule has 1 amide bonds. The summed E-state index contributed by atoms with van der Waals surface area (Å²) in [5.41, 5.74) is -1.95. The summed E-state index contributed by atoms with van der Waals surface area (Å²) in [6.07, 6.45) is -0.441. The lowest BCUT2D eigenvalue weighted by Crippen LogP contribution is -2.45. The Hall–Kier alpha value is -1.96. The Morgan fingerprint density at radius 2 is 1.88 bits per heavy atom. The summed E-state index contributed by atoms with van der Waals surface area (Å²) in [5.74, 6) is -1.44. The largest absolute Gasteiger partial charge is 0.444 e. The summed E-state index contributed by atoms with van der Waals surface area (Å²) in [6.45, 7) is 6.44. The predicted molar refractivity (Wildman–Crippen MR) is 90.6 cm³/mol. The van der Waals surface area contributed by atoms with Gasteiger partial charge in [-0.25, -0.2) is 17.6 Å². The lowest BCUT2D eigenvalue weighted by molar-refractivity contribution is -0.110. The van der Waals surface area contributed by atoms with Crippen molar-refractivity contribution < 1.29 is 27.1 Å². The van der Waals surface area contributed by atoms with Crippen LogP contribution in [0.5, 0.6) is 0 Å². The van der Waals surface area contributed by atoms with E-state index >= 15 is 0 Å². The molecule has 0 spiro atoms. The minimum absolute atomic E-state index is 0.180. The van der Waals surface area contributed by atoms with E-state index in [1.807, 2.05) is 0 Å². The molecule has 8 heteroatoms. The molecule has 2 rings (SSSR count). The number of hydrogen-bond donors (Lipinski definition) is 1. The van der Waals surface area contributed by atoms with Gasteiger partial charge < -0.3 is 14.8 Å². The first-order valence-electron chi connectivity index (χ1n) is 7.91. The van der Waals surface area contributed by atoms with E-state index in [1.54, 1.807) is 20.8 Å². The van der Waals surface area contributed by atoms with Crippen molar-refractivity contribution in [2.75, 3.05) is 5.75 Å². The zero-order valence-corrected chi connectivity index (χ0v) is 15.4. The fourth-order valence-corrected chi connectivity index (χ4v) is 4.91. The summed E-state index contributed by atoms with van der Waals surface area (Å²) in [7, 11) is -3.64. The van der Waals surface area contributed by atoms with Crippen LogP contribution in [0.25, 0.3) is 0 Å². The molecular weight excluding hydrogens is 349 g/mol. The number of rotatable bonds is 5. The van der Waals surface area contributed by atoms with E-state index in [1.165, 1.54) is 31.2 Å². The van der Waals surface area contributed by atoms with E-state index in [0.717, 1.165) is 0 Å². The van der Waals surface area contributed by atoms with Crippen LogP contribution < -0.4 is 5.32 Å². The van der Waals surface area contributed by atoms with E-state index in [-0.39, 0.29) is 5.75 Å². The van der Waals surface area contributed by atoms with Crippen LogP contribution >= 0.6 is 0 Å². The summed E-state index contributed by atoms with van der Waals surface area (Å²) >= 11 is 0. The Bertz CT molecular complexity index is 769. The van der Waals surface area contributed by atoms with Crippen molar-refractivity contribution in [2.24, 2.45) is 0 Å². The van der Waals surface area contributed by atoms with Crippen molar-refractivity contribution in [2.45, 2.75) is 50.0 Å². The highest BCUT2D eigenvalue weighted by Crippen LogP contribution is 2.55. The van der Waals surface area contributed by atoms with Gasteiger partial charge in [0.25, 0.3) is 0 Å². The first-order chi connectivity index (χ1) is 11.5. The molecule has 0 aliphatic heterocycles. The maximum absolute atomic E-state index is 13.2. The molecule has 3 atom stereocenters. The van der Waals surface area contributed by atoms with Gasteiger partial charge in [0.15, 0.2) is 9.84 Å². The Balaban J connectivity index is 2.40. The molecule has 3 unspecified atom stereocenters. The standard InChI is InChI=1S/C17H22FNO5S/c1-5-25(22,23)14-13(11-6-8-12(18)9-7-11)17(14,10-20)19-15(21)24-16(2,3)4/h6-10,13-14H,5H2,1-4H3,(H,19,21). The van der Waals surface area contributed by atoms with Gasteiger partial charge in [-0.3, -0.25) is 0 Å². The molecule has 0 saturated heterocycles. The van der Waals surface area contributed by atoms with Gasteiger partial charge in [0.2, 0.25) is 0 Å². The van der Waals surface area contributed by atoms with Gasteiger partial charge >= 0.3 is 6.09 Å². The van der Waals surface area contributed by atoms with Crippen LogP contribution in [0.4, 0.5) is 9.18 Å². The molecule has 1 aromatic rings. The number of halogens is 1. The zero-order valence-electron chi connectivity index (χ0n) is 14.6. The van der Waals surface area contributed by atoms with E-state index in [2.05, 4.69) is 5.32 Å². The fourth-order valence-electron chi connectivity index (χ4n) is 2.98. The smallest absolute Gasteiger partial charge is 0.408 e. The summed E-state index contributed by atoms with van der Waals surface area (Å²) in [6, 6.07) is 5.21. The minimum atomic E-state index is -3.64. The number of ether oxygens (including phenoxy) is 1. The molecular formula is C17H22FNO5S. The minimum Gasteiger partial charge on any atom is -0.444 e. The number of amides is 1.